The Labute approximate surface area is 153 Å². The molecule has 1 amide bonds. The van der Waals surface area contributed by atoms with Gasteiger partial charge in [-0.3, -0.25) is 4.79 Å². The van der Waals surface area contributed by atoms with E-state index in [0.29, 0.717) is 23.9 Å². The molecule has 1 aliphatic rings. The molecule has 2 N–H and O–H groups in total. The number of nitrogens with one attached hydrogen (secondary N) is 2. The third kappa shape index (κ3) is 4.91. The number of aromatic nitrogens is 3. The van der Waals surface area contributed by atoms with Crippen LogP contribution in [0.5, 0.6) is 5.88 Å². The zero-order valence-electron chi connectivity index (χ0n) is 15.2. The van der Waals surface area contributed by atoms with Gasteiger partial charge in [0, 0.05) is 25.9 Å². The van der Waals surface area contributed by atoms with Crippen molar-refractivity contribution in [3.8, 4) is 5.88 Å². The Balaban J connectivity index is 1.54. The number of pyridine rings is 1. The van der Waals surface area contributed by atoms with Crippen molar-refractivity contribution in [3.63, 3.8) is 0 Å². The predicted octanol–water partition coefficient (Wildman–Crippen LogP) is 2.80. The summed E-state index contributed by atoms with van der Waals surface area (Å²) in [5.41, 5.74) is 1.34. The number of carbonyl (C=O) groups excluding carboxylic acids is 1. The molecule has 0 aromatic carbocycles. The molecule has 1 fully saturated rings. The number of hydrogen-bond donors (Lipinski definition) is 2. The molecule has 0 radical (unpaired) electrons. The quantitative estimate of drug-likeness (QED) is 0.828. The van der Waals surface area contributed by atoms with Crippen LogP contribution in [0.2, 0.25) is 0 Å². The van der Waals surface area contributed by atoms with E-state index < -0.39 is 0 Å². The summed E-state index contributed by atoms with van der Waals surface area (Å²) in [5, 5.41) is 13.6. The molecule has 2 aromatic rings. The molecule has 7 nitrogen and oxygen atoms in total. The third-order valence-corrected chi connectivity index (χ3v) is 4.65. The van der Waals surface area contributed by atoms with Crippen molar-refractivity contribution in [1.82, 2.24) is 20.5 Å². The molecule has 0 unspecified atom stereocenters. The molecule has 0 bridgehead atoms. The van der Waals surface area contributed by atoms with E-state index in [1.165, 1.54) is 12.8 Å². The molecule has 1 aliphatic carbocycles. The lowest BCUT2D eigenvalue weighted by Gasteiger charge is -2.26. The molecule has 1 saturated carbocycles. The average molecular weight is 355 g/mol. The maximum absolute atomic E-state index is 11.5. The van der Waals surface area contributed by atoms with Gasteiger partial charge < -0.3 is 15.4 Å². The molecular formula is C19H25N5O2. The Morgan fingerprint density at radius 2 is 2.00 bits per heavy atom. The van der Waals surface area contributed by atoms with Gasteiger partial charge in [0.1, 0.15) is 11.9 Å². The summed E-state index contributed by atoms with van der Waals surface area (Å²) in [6.45, 7) is 2.87. The Kier molecular flexibility index (Phi) is 5.99. The fourth-order valence-electron chi connectivity index (χ4n) is 3.01. The maximum atomic E-state index is 11.5. The second-order valence-corrected chi connectivity index (χ2v) is 6.74. The van der Waals surface area contributed by atoms with Gasteiger partial charge in [0.2, 0.25) is 5.88 Å². The van der Waals surface area contributed by atoms with Crippen molar-refractivity contribution in [1.29, 1.82) is 0 Å². The molecule has 7 heteroatoms. The average Bonchev–Trinajstić information content (AvgIpc) is 2.68. The second kappa shape index (κ2) is 8.60. The van der Waals surface area contributed by atoms with Crippen LogP contribution in [0, 0.1) is 5.92 Å². The van der Waals surface area contributed by atoms with Crippen LogP contribution in [-0.4, -0.2) is 34.2 Å². The van der Waals surface area contributed by atoms with E-state index in [4.69, 9.17) is 4.74 Å². The maximum Gasteiger partial charge on any atom is 0.271 e. The fourth-order valence-corrected chi connectivity index (χ4v) is 3.01. The summed E-state index contributed by atoms with van der Waals surface area (Å²) in [5.74, 6) is 1.83. The highest BCUT2D eigenvalue weighted by molar-refractivity contribution is 5.91. The summed E-state index contributed by atoms with van der Waals surface area (Å²) in [7, 11) is 1.56. The second-order valence-electron chi connectivity index (χ2n) is 6.74. The van der Waals surface area contributed by atoms with Crippen molar-refractivity contribution in [2.75, 3.05) is 12.4 Å². The van der Waals surface area contributed by atoms with E-state index in [2.05, 4.69) is 32.7 Å². The minimum atomic E-state index is -0.253. The van der Waals surface area contributed by atoms with Gasteiger partial charge in [0.15, 0.2) is 5.69 Å². The van der Waals surface area contributed by atoms with Crippen molar-refractivity contribution < 1.29 is 9.53 Å². The van der Waals surface area contributed by atoms with Gasteiger partial charge in [-0.05, 0) is 55.4 Å². The van der Waals surface area contributed by atoms with E-state index in [-0.39, 0.29) is 12.0 Å². The lowest BCUT2D eigenvalue weighted by molar-refractivity contribution is 0.0957. The van der Waals surface area contributed by atoms with Gasteiger partial charge in [0.05, 0.1) is 0 Å². The first-order valence-corrected chi connectivity index (χ1v) is 9.05. The highest BCUT2D eigenvalue weighted by Gasteiger charge is 2.19. The van der Waals surface area contributed by atoms with Gasteiger partial charge in [-0.1, -0.05) is 6.92 Å². The number of carbonyl (C=O) groups is 1. The first-order chi connectivity index (χ1) is 12.6. The highest BCUT2D eigenvalue weighted by atomic mass is 16.5. The van der Waals surface area contributed by atoms with Crippen LogP contribution in [0.25, 0.3) is 0 Å². The van der Waals surface area contributed by atoms with E-state index in [1.54, 1.807) is 25.4 Å². The first-order valence-electron chi connectivity index (χ1n) is 9.05. The standard InChI is InChI=1S/C19H25N5O2/c1-13-3-5-15(6-4-13)26-18-11-14(9-10-21-18)12-22-17-8-7-16(23-24-17)19(25)20-2/h7-11,13,15H,3-6,12H2,1-2H3,(H,20,25)(H,22,24). The van der Waals surface area contributed by atoms with E-state index in [0.717, 1.165) is 24.3 Å². The number of ether oxygens (including phenoxy) is 1. The van der Waals surface area contributed by atoms with Gasteiger partial charge in [0.25, 0.3) is 5.91 Å². The van der Waals surface area contributed by atoms with E-state index in [9.17, 15) is 4.79 Å². The molecule has 138 valence electrons. The Morgan fingerprint density at radius 1 is 1.19 bits per heavy atom. The van der Waals surface area contributed by atoms with Gasteiger partial charge in [-0.25, -0.2) is 4.98 Å². The topological polar surface area (TPSA) is 89.0 Å². The first kappa shape index (κ1) is 18.1. The van der Waals surface area contributed by atoms with Crippen LogP contribution in [0.15, 0.2) is 30.5 Å². The molecule has 2 heterocycles. The number of nitrogens with zero attached hydrogens (tertiary/aromatic N) is 3. The SMILES string of the molecule is CNC(=O)c1ccc(NCc2ccnc(OC3CCC(C)CC3)c2)nn1. The lowest BCUT2D eigenvalue weighted by atomic mass is 9.89. The molecule has 0 atom stereocenters. The van der Waals surface area contributed by atoms with Crippen LogP contribution >= 0.6 is 0 Å². The lowest BCUT2D eigenvalue weighted by Crippen LogP contribution is -2.23. The highest BCUT2D eigenvalue weighted by Crippen LogP contribution is 2.26. The number of amides is 1. The normalized spacial score (nSPS) is 19.6. The summed E-state index contributed by atoms with van der Waals surface area (Å²) in [6, 6.07) is 7.27. The minimum absolute atomic E-state index is 0.253. The Morgan fingerprint density at radius 3 is 2.69 bits per heavy atom. The molecule has 3 rings (SSSR count). The summed E-state index contributed by atoms with van der Waals surface area (Å²) < 4.78 is 6.04. The van der Waals surface area contributed by atoms with Gasteiger partial charge >= 0.3 is 0 Å². The summed E-state index contributed by atoms with van der Waals surface area (Å²) in [4.78, 5) is 15.8. The Bertz CT molecular complexity index is 727. The molecule has 2 aromatic heterocycles. The zero-order valence-corrected chi connectivity index (χ0v) is 15.2. The number of rotatable bonds is 6. The van der Waals surface area contributed by atoms with Crippen LogP contribution in [-0.2, 0) is 6.54 Å². The van der Waals surface area contributed by atoms with Gasteiger partial charge in [-0.2, -0.15) is 0 Å². The molecular weight excluding hydrogens is 330 g/mol. The van der Waals surface area contributed by atoms with E-state index in [1.807, 2.05) is 12.1 Å². The van der Waals surface area contributed by atoms with E-state index >= 15 is 0 Å². The van der Waals surface area contributed by atoms with Crippen molar-refractivity contribution >= 4 is 11.7 Å². The van der Waals surface area contributed by atoms with Gasteiger partial charge in [-0.15, -0.1) is 10.2 Å². The fraction of sp³-hybridized carbons (Fsp3) is 0.474. The number of hydrogen-bond acceptors (Lipinski definition) is 6. The summed E-state index contributed by atoms with van der Waals surface area (Å²) >= 11 is 0. The largest absolute Gasteiger partial charge is 0.474 e. The molecule has 0 aliphatic heterocycles. The van der Waals surface area contributed by atoms with Crippen LogP contribution in [0.4, 0.5) is 5.82 Å². The van der Waals surface area contributed by atoms with Crippen LogP contribution < -0.4 is 15.4 Å². The summed E-state index contributed by atoms with van der Waals surface area (Å²) in [6.07, 6.45) is 6.66. The zero-order chi connectivity index (χ0) is 18.4. The van der Waals surface area contributed by atoms with Crippen molar-refractivity contribution in [2.45, 2.75) is 45.3 Å². The minimum Gasteiger partial charge on any atom is -0.474 e. The molecule has 0 spiro atoms. The monoisotopic (exact) mass is 355 g/mol. The smallest absolute Gasteiger partial charge is 0.271 e. The van der Waals surface area contributed by atoms with Crippen molar-refractivity contribution in [3.05, 3.63) is 41.7 Å². The third-order valence-electron chi connectivity index (χ3n) is 4.65. The van der Waals surface area contributed by atoms with Crippen LogP contribution in [0.1, 0.15) is 48.7 Å². The number of anilines is 1. The van der Waals surface area contributed by atoms with Crippen molar-refractivity contribution in [2.24, 2.45) is 5.92 Å². The van der Waals surface area contributed by atoms with Crippen LogP contribution in [0.3, 0.4) is 0 Å². The Hall–Kier alpha value is -2.70. The molecule has 26 heavy (non-hydrogen) atoms. The molecule has 0 saturated heterocycles. The predicted molar refractivity (Wildman–Crippen MR) is 99.0 cm³/mol.